The minimum absolute atomic E-state index is 0.0826. The second-order valence-electron chi connectivity index (χ2n) is 5.34. The Morgan fingerprint density at radius 1 is 1.41 bits per heavy atom. The van der Waals surface area contributed by atoms with Crippen molar-refractivity contribution in [3.05, 3.63) is 35.4 Å². The van der Waals surface area contributed by atoms with Crippen LogP contribution in [0.3, 0.4) is 0 Å². The van der Waals surface area contributed by atoms with Crippen molar-refractivity contribution in [2.24, 2.45) is 0 Å². The van der Waals surface area contributed by atoms with E-state index in [4.69, 9.17) is 4.74 Å². The van der Waals surface area contributed by atoms with E-state index in [-0.39, 0.29) is 18.1 Å². The summed E-state index contributed by atoms with van der Waals surface area (Å²) in [7, 11) is 0. The second-order valence-corrected chi connectivity index (χ2v) is 5.34. The van der Waals surface area contributed by atoms with Crippen molar-refractivity contribution in [1.29, 1.82) is 0 Å². The third kappa shape index (κ3) is 1.42. The molecule has 3 rings (SSSR count). The highest BCUT2D eigenvalue weighted by atomic mass is 16.5. The minimum atomic E-state index is -0.491. The van der Waals surface area contributed by atoms with Crippen LogP contribution in [-0.2, 0) is 16.0 Å². The number of amides is 1. The molecular weight excluding hydrogens is 214 g/mol. The summed E-state index contributed by atoms with van der Waals surface area (Å²) in [5.41, 5.74) is 2.07. The van der Waals surface area contributed by atoms with Gasteiger partial charge in [0.25, 0.3) is 0 Å². The van der Waals surface area contributed by atoms with Crippen molar-refractivity contribution in [2.45, 2.75) is 45.1 Å². The van der Waals surface area contributed by atoms with Gasteiger partial charge in [-0.15, -0.1) is 0 Å². The Hall–Kier alpha value is -1.35. The number of benzene rings is 1. The first kappa shape index (κ1) is 10.8. The van der Waals surface area contributed by atoms with E-state index in [1.165, 1.54) is 11.1 Å². The van der Waals surface area contributed by atoms with Crippen LogP contribution in [0.5, 0.6) is 0 Å². The SMILES string of the molecule is CC(=O)N1[C@H]2c3ccccc3C[C@H]2OC1(C)C. The maximum Gasteiger partial charge on any atom is 0.222 e. The van der Waals surface area contributed by atoms with Gasteiger partial charge in [0.1, 0.15) is 5.72 Å². The van der Waals surface area contributed by atoms with Gasteiger partial charge in [-0.2, -0.15) is 0 Å². The first-order chi connectivity index (χ1) is 8.00. The summed E-state index contributed by atoms with van der Waals surface area (Å²) in [6.07, 6.45) is 1.03. The molecule has 0 radical (unpaired) electrons. The van der Waals surface area contributed by atoms with Crippen molar-refractivity contribution in [3.8, 4) is 0 Å². The summed E-state index contributed by atoms with van der Waals surface area (Å²) in [5.74, 6) is 0.0826. The zero-order chi connectivity index (χ0) is 12.2. The molecule has 0 aromatic heterocycles. The van der Waals surface area contributed by atoms with Crippen LogP contribution in [0.15, 0.2) is 24.3 Å². The van der Waals surface area contributed by atoms with Crippen LogP contribution in [0.2, 0.25) is 0 Å². The Bertz CT molecular complexity index is 481. The van der Waals surface area contributed by atoms with Crippen molar-refractivity contribution < 1.29 is 9.53 Å². The molecule has 1 heterocycles. The van der Waals surface area contributed by atoms with E-state index in [1.54, 1.807) is 6.92 Å². The predicted octanol–water partition coefficient (Wildman–Crippen LogP) is 2.27. The van der Waals surface area contributed by atoms with Gasteiger partial charge in [0, 0.05) is 13.3 Å². The van der Waals surface area contributed by atoms with Crippen LogP contribution in [0.4, 0.5) is 0 Å². The molecule has 0 bridgehead atoms. The number of carbonyl (C=O) groups excluding carboxylic acids is 1. The number of hydrogen-bond donors (Lipinski definition) is 0. The standard InChI is InChI=1S/C14H17NO2/c1-9(16)15-13-11-7-5-4-6-10(11)8-12(13)17-14(15,2)3/h4-7,12-13H,8H2,1-3H3/t12-,13+/m1/s1. The molecule has 17 heavy (non-hydrogen) atoms. The molecule has 2 aliphatic rings. The monoisotopic (exact) mass is 231 g/mol. The average Bonchev–Trinajstić information content (AvgIpc) is 2.67. The van der Waals surface area contributed by atoms with Crippen molar-refractivity contribution in [1.82, 2.24) is 4.90 Å². The van der Waals surface area contributed by atoms with Crippen LogP contribution < -0.4 is 0 Å². The molecule has 1 saturated heterocycles. The van der Waals surface area contributed by atoms with Gasteiger partial charge >= 0.3 is 0 Å². The molecule has 1 aromatic carbocycles. The zero-order valence-corrected chi connectivity index (χ0v) is 10.4. The largest absolute Gasteiger partial charge is 0.350 e. The quantitative estimate of drug-likeness (QED) is 0.685. The van der Waals surface area contributed by atoms with Crippen LogP contribution >= 0.6 is 0 Å². The molecule has 1 aromatic rings. The lowest BCUT2D eigenvalue weighted by atomic mass is 10.1. The maximum atomic E-state index is 11.9. The van der Waals surface area contributed by atoms with Crippen molar-refractivity contribution in [2.75, 3.05) is 0 Å². The summed E-state index contributed by atoms with van der Waals surface area (Å²) in [6.45, 7) is 5.55. The summed E-state index contributed by atoms with van der Waals surface area (Å²) in [6, 6.07) is 8.41. The van der Waals surface area contributed by atoms with Crippen LogP contribution in [0.25, 0.3) is 0 Å². The highest BCUT2D eigenvalue weighted by Gasteiger charge is 2.52. The molecule has 1 aliphatic heterocycles. The molecule has 0 unspecified atom stereocenters. The topological polar surface area (TPSA) is 29.5 Å². The highest BCUT2D eigenvalue weighted by molar-refractivity contribution is 5.75. The normalized spacial score (nSPS) is 29.0. The molecule has 1 amide bonds. The second kappa shape index (κ2) is 3.33. The summed E-state index contributed by atoms with van der Waals surface area (Å²) >= 11 is 0. The molecule has 0 N–H and O–H groups in total. The van der Waals surface area contributed by atoms with E-state index in [0.717, 1.165) is 6.42 Å². The van der Waals surface area contributed by atoms with Gasteiger partial charge < -0.3 is 9.64 Å². The van der Waals surface area contributed by atoms with Crippen LogP contribution in [-0.4, -0.2) is 22.6 Å². The number of nitrogens with zero attached hydrogens (tertiary/aromatic N) is 1. The van der Waals surface area contributed by atoms with E-state index in [0.29, 0.717) is 0 Å². The van der Waals surface area contributed by atoms with Gasteiger partial charge in [-0.25, -0.2) is 0 Å². The van der Waals surface area contributed by atoms with Gasteiger partial charge in [0.15, 0.2) is 0 Å². The molecular formula is C14H17NO2. The summed E-state index contributed by atoms with van der Waals surface area (Å²) < 4.78 is 6.03. The molecule has 2 atom stereocenters. The number of hydrogen-bond acceptors (Lipinski definition) is 2. The van der Waals surface area contributed by atoms with Gasteiger partial charge in [-0.05, 0) is 25.0 Å². The van der Waals surface area contributed by atoms with Gasteiger partial charge in [0.05, 0.1) is 12.1 Å². The van der Waals surface area contributed by atoms with Gasteiger partial charge in [-0.3, -0.25) is 4.79 Å². The molecule has 0 spiro atoms. The smallest absolute Gasteiger partial charge is 0.222 e. The number of fused-ring (bicyclic) bond motifs is 3. The van der Waals surface area contributed by atoms with E-state index in [1.807, 2.05) is 30.9 Å². The molecule has 1 aliphatic carbocycles. The van der Waals surface area contributed by atoms with Crippen LogP contribution in [0, 0.1) is 0 Å². The Kier molecular flexibility index (Phi) is 2.11. The molecule has 3 heteroatoms. The maximum absolute atomic E-state index is 11.9. The predicted molar refractivity (Wildman–Crippen MR) is 64.4 cm³/mol. The minimum Gasteiger partial charge on any atom is -0.350 e. The lowest BCUT2D eigenvalue weighted by Gasteiger charge is -2.32. The fourth-order valence-corrected chi connectivity index (χ4v) is 3.29. The Morgan fingerprint density at radius 3 is 2.82 bits per heavy atom. The number of rotatable bonds is 0. The Morgan fingerprint density at radius 2 is 2.12 bits per heavy atom. The van der Waals surface area contributed by atoms with E-state index >= 15 is 0 Å². The van der Waals surface area contributed by atoms with E-state index in [2.05, 4.69) is 12.1 Å². The van der Waals surface area contributed by atoms with Crippen molar-refractivity contribution >= 4 is 5.91 Å². The number of carbonyl (C=O) groups is 1. The lowest BCUT2D eigenvalue weighted by Crippen LogP contribution is -2.43. The fraction of sp³-hybridized carbons (Fsp3) is 0.500. The summed E-state index contributed by atoms with van der Waals surface area (Å²) in [5, 5.41) is 0. The van der Waals surface area contributed by atoms with E-state index in [9.17, 15) is 4.79 Å². The van der Waals surface area contributed by atoms with Gasteiger partial charge in [0.2, 0.25) is 5.91 Å². The first-order valence-corrected chi connectivity index (χ1v) is 6.06. The highest BCUT2D eigenvalue weighted by Crippen LogP contribution is 2.47. The lowest BCUT2D eigenvalue weighted by molar-refractivity contribution is -0.145. The van der Waals surface area contributed by atoms with Crippen molar-refractivity contribution in [3.63, 3.8) is 0 Å². The zero-order valence-electron chi connectivity index (χ0n) is 10.4. The molecule has 90 valence electrons. The average molecular weight is 231 g/mol. The Labute approximate surface area is 101 Å². The third-order valence-electron chi connectivity index (χ3n) is 3.78. The molecule has 0 saturated carbocycles. The number of ether oxygens (including phenoxy) is 1. The van der Waals surface area contributed by atoms with Gasteiger partial charge in [-0.1, -0.05) is 24.3 Å². The molecule has 3 nitrogen and oxygen atoms in total. The Balaban J connectivity index is 2.08. The van der Waals surface area contributed by atoms with Crippen LogP contribution in [0.1, 0.15) is 37.9 Å². The molecule has 1 fully saturated rings. The summed E-state index contributed by atoms with van der Waals surface area (Å²) in [4.78, 5) is 13.7. The van der Waals surface area contributed by atoms with E-state index < -0.39 is 5.72 Å². The third-order valence-corrected chi connectivity index (χ3v) is 3.78. The fourth-order valence-electron chi connectivity index (χ4n) is 3.29. The first-order valence-electron chi connectivity index (χ1n) is 6.06.